The van der Waals surface area contributed by atoms with E-state index in [4.69, 9.17) is 9.84 Å². The highest BCUT2D eigenvalue weighted by atomic mass is 16.5. The summed E-state index contributed by atoms with van der Waals surface area (Å²) < 4.78 is 5.14. The van der Waals surface area contributed by atoms with Crippen LogP contribution in [0.4, 0.5) is 0 Å². The zero-order valence-corrected chi connectivity index (χ0v) is 13.3. The second kappa shape index (κ2) is 6.38. The van der Waals surface area contributed by atoms with Crippen molar-refractivity contribution in [3.05, 3.63) is 29.8 Å². The van der Waals surface area contributed by atoms with Gasteiger partial charge in [-0.25, -0.2) is 0 Å². The van der Waals surface area contributed by atoms with Crippen LogP contribution in [-0.4, -0.2) is 42.1 Å². The predicted molar refractivity (Wildman–Crippen MR) is 83.0 cm³/mol. The van der Waals surface area contributed by atoms with Gasteiger partial charge < -0.3 is 14.7 Å². The number of hydrogen-bond acceptors (Lipinski definition) is 3. The van der Waals surface area contributed by atoms with Crippen LogP contribution in [0, 0.1) is 5.92 Å². The highest BCUT2D eigenvalue weighted by Crippen LogP contribution is 2.29. The molecule has 0 aliphatic carbocycles. The molecule has 22 heavy (non-hydrogen) atoms. The molecule has 1 N–H and O–H groups in total. The van der Waals surface area contributed by atoms with Gasteiger partial charge >= 0.3 is 5.97 Å². The monoisotopic (exact) mass is 305 g/mol. The van der Waals surface area contributed by atoms with Gasteiger partial charge in [-0.1, -0.05) is 12.1 Å². The quantitative estimate of drug-likeness (QED) is 0.927. The van der Waals surface area contributed by atoms with Crippen molar-refractivity contribution in [1.82, 2.24) is 4.90 Å². The molecular formula is C17H23NO4. The van der Waals surface area contributed by atoms with Crippen molar-refractivity contribution in [2.24, 2.45) is 5.92 Å². The van der Waals surface area contributed by atoms with Crippen molar-refractivity contribution in [3.8, 4) is 5.75 Å². The highest BCUT2D eigenvalue weighted by molar-refractivity contribution is 5.88. The van der Waals surface area contributed by atoms with Crippen LogP contribution in [0.15, 0.2) is 24.3 Å². The average Bonchev–Trinajstić information content (AvgIpc) is 2.54. The van der Waals surface area contributed by atoms with Gasteiger partial charge in [0.2, 0.25) is 5.91 Å². The number of benzene rings is 1. The van der Waals surface area contributed by atoms with Gasteiger partial charge in [0.1, 0.15) is 5.75 Å². The summed E-state index contributed by atoms with van der Waals surface area (Å²) in [5.74, 6) is -0.552. The van der Waals surface area contributed by atoms with E-state index in [0.29, 0.717) is 19.5 Å². The van der Waals surface area contributed by atoms with Gasteiger partial charge in [-0.2, -0.15) is 0 Å². The second-order valence-corrected chi connectivity index (χ2v) is 6.28. The summed E-state index contributed by atoms with van der Waals surface area (Å²) in [4.78, 5) is 25.7. The molecule has 1 aliphatic heterocycles. The summed E-state index contributed by atoms with van der Waals surface area (Å²) in [7, 11) is 1.60. The first-order valence-corrected chi connectivity index (χ1v) is 7.53. The molecule has 1 atom stereocenters. The Hall–Kier alpha value is -2.04. The van der Waals surface area contributed by atoms with Gasteiger partial charge in [0.05, 0.1) is 18.4 Å². The number of hydrogen-bond donors (Lipinski definition) is 1. The molecule has 5 nitrogen and oxygen atoms in total. The third kappa shape index (κ3) is 3.24. The highest BCUT2D eigenvalue weighted by Gasteiger charge is 2.37. The lowest BCUT2D eigenvalue weighted by Crippen LogP contribution is -2.49. The number of carbonyl (C=O) groups excluding carboxylic acids is 1. The molecule has 1 fully saturated rings. The summed E-state index contributed by atoms with van der Waals surface area (Å²) in [6.45, 7) is 4.68. The molecule has 1 aromatic rings. The Morgan fingerprint density at radius 3 is 2.45 bits per heavy atom. The largest absolute Gasteiger partial charge is 0.497 e. The van der Waals surface area contributed by atoms with Crippen LogP contribution in [0.5, 0.6) is 5.75 Å². The Morgan fingerprint density at radius 2 is 1.91 bits per heavy atom. The fourth-order valence-electron chi connectivity index (χ4n) is 2.89. The molecular weight excluding hydrogens is 282 g/mol. The van der Waals surface area contributed by atoms with E-state index in [1.54, 1.807) is 12.0 Å². The zero-order chi connectivity index (χ0) is 16.3. The van der Waals surface area contributed by atoms with Crippen LogP contribution in [-0.2, 0) is 15.0 Å². The number of aliphatic carboxylic acids is 1. The molecule has 0 unspecified atom stereocenters. The Kier molecular flexibility index (Phi) is 4.74. The van der Waals surface area contributed by atoms with Gasteiger partial charge in [0.15, 0.2) is 0 Å². The Balaban J connectivity index is 2.16. The number of amides is 1. The number of carboxylic acids is 1. The van der Waals surface area contributed by atoms with Crippen LogP contribution >= 0.6 is 0 Å². The number of rotatable bonds is 4. The molecule has 1 amide bonds. The molecule has 1 aliphatic rings. The molecule has 0 spiro atoms. The van der Waals surface area contributed by atoms with E-state index in [-0.39, 0.29) is 5.91 Å². The lowest BCUT2D eigenvalue weighted by molar-refractivity contribution is -0.147. The summed E-state index contributed by atoms with van der Waals surface area (Å²) in [5, 5.41) is 9.16. The first-order chi connectivity index (χ1) is 10.4. The van der Waals surface area contributed by atoms with E-state index in [1.807, 2.05) is 38.1 Å². The van der Waals surface area contributed by atoms with E-state index in [0.717, 1.165) is 17.7 Å². The summed E-state index contributed by atoms with van der Waals surface area (Å²) in [6, 6.07) is 7.44. The average molecular weight is 305 g/mol. The molecule has 0 bridgehead atoms. The van der Waals surface area contributed by atoms with Crippen molar-refractivity contribution >= 4 is 11.9 Å². The number of ether oxygens (including phenoxy) is 1. The molecule has 2 rings (SSSR count). The first kappa shape index (κ1) is 16.3. The molecule has 5 heteroatoms. The van der Waals surface area contributed by atoms with Crippen LogP contribution in [0.3, 0.4) is 0 Å². The molecule has 1 heterocycles. The van der Waals surface area contributed by atoms with Gasteiger partial charge in [-0.3, -0.25) is 9.59 Å². The Morgan fingerprint density at radius 1 is 1.27 bits per heavy atom. The molecule has 0 saturated carbocycles. The number of nitrogens with zero attached hydrogens (tertiary/aromatic N) is 1. The molecule has 1 saturated heterocycles. The number of carbonyl (C=O) groups is 2. The number of carboxylic acid groups (broad SMARTS) is 1. The van der Waals surface area contributed by atoms with Crippen molar-refractivity contribution in [1.29, 1.82) is 0 Å². The van der Waals surface area contributed by atoms with E-state index >= 15 is 0 Å². The summed E-state index contributed by atoms with van der Waals surface area (Å²) >= 11 is 0. The van der Waals surface area contributed by atoms with Gasteiger partial charge in [-0.15, -0.1) is 0 Å². The van der Waals surface area contributed by atoms with Crippen molar-refractivity contribution in [2.75, 3.05) is 20.2 Å². The molecule has 0 radical (unpaired) electrons. The SMILES string of the molecule is COc1ccc(C(C)(C)C(=O)N2CCC[C@@H](C(=O)O)C2)cc1. The lowest BCUT2D eigenvalue weighted by Gasteiger charge is -2.36. The van der Waals surface area contributed by atoms with Crippen molar-refractivity contribution < 1.29 is 19.4 Å². The minimum absolute atomic E-state index is 0.0244. The minimum Gasteiger partial charge on any atom is -0.497 e. The zero-order valence-electron chi connectivity index (χ0n) is 13.3. The normalized spacial score (nSPS) is 18.9. The Bertz CT molecular complexity index is 550. The van der Waals surface area contributed by atoms with Gasteiger partial charge in [0, 0.05) is 13.1 Å². The standard InChI is InChI=1S/C17H23NO4/c1-17(2,13-6-8-14(22-3)9-7-13)16(21)18-10-4-5-12(11-18)15(19)20/h6-9,12H,4-5,10-11H2,1-3H3,(H,19,20)/t12-/m1/s1. The number of methoxy groups -OCH3 is 1. The van der Waals surface area contributed by atoms with Crippen LogP contribution in [0.25, 0.3) is 0 Å². The molecule has 1 aromatic carbocycles. The second-order valence-electron chi connectivity index (χ2n) is 6.28. The molecule has 0 aromatic heterocycles. The van der Waals surface area contributed by atoms with Crippen LogP contribution in [0.2, 0.25) is 0 Å². The maximum absolute atomic E-state index is 12.8. The maximum atomic E-state index is 12.8. The third-order valence-corrected chi connectivity index (χ3v) is 4.40. The van der Waals surface area contributed by atoms with Gasteiger partial charge in [0.25, 0.3) is 0 Å². The topological polar surface area (TPSA) is 66.8 Å². The van der Waals surface area contributed by atoms with Crippen molar-refractivity contribution in [2.45, 2.75) is 32.1 Å². The van der Waals surface area contributed by atoms with E-state index in [9.17, 15) is 9.59 Å². The first-order valence-electron chi connectivity index (χ1n) is 7.53. The third-order valence-electron chi connectivity index (χ3n) is 4.40. The van der Waals surface area contributed by atoms with E-state index < -0.39 is 17.3 Å². The predicted octanol–water partition coefficient (Wildman–Crippen LogP) is 2.30. The van der Waals surface area contributed by atoms with Crippen LogP contribution < -0.4 is 4.74 Å². The number of likely N-dealkylation sites (tertiary alicyclic amines) is 1. The Labute approximate surface area is 130 Å². The van der Waals surface area contributed by atoms with Crippen molar-refractivity contribution in [3.63, 3.8) is 0 Å². The fourth-order valence-corrected chi connectivity index (χ4v) is 2.89. The molecule has 120 valence electrons. The fraction of sp³-hybridized carbons (Fsp3) is 0.529. The maximum Gasteiger partial charge on any atom is 0.308 e. The van der Waals surface area contributed by atoms with Crippen LogP contribution in [0.1, 0.15) is 32.3 Å². The van der Waals surface area contributed by atoms with E-state index in [2.05, 4.69) is 0 Å². The smallest absolute Gasteiger partial charge is 0.308 e. The lowest BCUT2D eigenvalue weighted by atomic mass is 9.82. The van der Waals surface area contributed by atoms with Gasteiger partial charge in [-0.05, 0) is 44.4 Å². The minimum atomic E-state index is -0.820. The summed E-state index contributed by atoms with van der Waals surface area (Å²) in [5.41, 5.74) is 0.211. The van der Waals surface area contributed by atoms with E-state index in [1.165, 1.54) is 0 Å². The number of piperidine rings is 1. The summed E-state index contributed by atoms with van der Waals surface area (Å²) in [6.07, 6.45) is 1.38.